The fourth-order valence-corrected chi connectivity index (χ4v) is 0.644. The lowest BCUT2D eigenvalue weighted by Crippen LogP contribution is -2.31. The van der Waals surface area contributed by atoms with Crippen LogP contribution in [0.2, 0.25) is 0 Å². The average Bonchev–Trinajstić information content (AvgIpc) is 1.69. The van der Waals surface area contributed by atoms with Crippen LogP contribution in [0.5, 0.6) is 0 Å². The Balaban J connectivity index is 2.12. The molecule has 1 aliphatic heterocycles. The molecule has 40 valence electrons. The number of hydrogen-bond acceptors (Lipinski definition) is 1. The third-order valence-corrected chi connectivity index (χ3v) is 1.04. The quantitative estimate of drug-likeness (QED) is 0.420. The van der Waals surface area contributed by atoms with E-state index in [2.05, 4.69) is 5.32 Å². The smallest absolute Gasteiger partial charge is 0.209 e. The van der Waals surface area contributed by atoms with Crippen molar-refractivity contribution < 1.29 is 4.74 Å². The van der Waals surface area contributed by atoms with Gasteiger partial charge in [0.2, 0.25) is 13.1 Å². The first kappa shape index (κ1) is 5.06. The highest BCUT2D eigenvalue weighted by atomic mass is 16.5. The van der Waals surface area contributed by atoms with Gasteiger partial charge in [0.15, 0.2) is 0 Å². The Morgan fingerprint density at radius 3 is 2.86 bits per heavy atom. The molecule has 0 spiro atoms. The van der Waals surface area contributed by atoms with Crippen LogP contribution in [-0.2, 0) is 4.74 Å². The lowest BCUT2D eigenvalue weighted by molar-refractivity contribution is 0.0394. The number of hydrogen-bond donors (Lipinski definition) is 0. The van der Waals surface area contributed by atoms with Crippen molar-refractivity contribution in [3.8, 4) is 0 Å². The molecule has 1 unspecified atom stereocenters. The van der Waals surface area contributed by atoms with Crippen LogP contribution in [0.15, 0.2) is 0 Å². The third-order valence-electron chi connectivity index (χ3n) is 1.04. The van der Waals surface area contributed by atoms with Crippen molar-refractivity contribution >= 4 is 0 Å². The van der Waals surface area contributed by atoms with Crippen LogP contribution in [0.25, 0.3) is 0 Å². The maximum absolute atomic E-state index is 5.18. The molecular weight excluding hydrogens is 90.1 g/mol. The van der Waals surface area contributed by atoms with Crippen LogP contribution in [0.1, 0.15) is 6.92 Å². The maximum atomic E-state index is 5.18. The summed E-state index contributed by atoms with van der Waals surface area (Å²) in [5, 5.41) is 4.13. The van der Waals surface area contributed by atoms with Crippen molar-refractivity contribution in [1.82, 2.24) is 5.32 Å². The van der Waals surface area contributed by atoms with E-state index in [1.165, 1.54) is 0 Å². The summed E-state index contributed by atoms with van der Waals surface area (Å²) >= 11 is 0. The first-order valence-electron chi connectivity index (χ1n) is 2.64. The van der Waals surface area contributed by atoms with Crippen molar-refractivity contribution in [3.05, 3.63) is 0 Å². The summed E-state index contributed by atoms with van der Waals surface area (Å²) < 4.78 is 5.18. The predicted molar refractivity (Wildman–Crippen MR) is 27.3 cm³/mol. The summed E-state index contributed by atoms with van der Waals surface area (Å²) in [7, 11) is 0. The van der Waals surface area contributed by atoms with Gasteiger partial charge < -0.3 is 4.74 Å². The molecule has 1 rings (SSSR count). The molecule has 2 heteroatoms. The maximum Gasteiger partial charge on any atom is 0.209 e. The molecule has 0 aromatic rings. The van der Waals surface area contributed by atoms with Gasteiger partial charge in [0.25, 0.3) is 0 Å². The molecule has 1 fully saturated rings. The summed E-state index contributed by atoms with van der Waals surface area (Å²) in [4.78, 5) is 0. The second-order valence-electron chi connectivity index (χ2n) is 1.81. The molecular formula is C5H10NO+. The van der Waals surface area contributed by atoms with E-state index < -0.39 is 0 Å². The zero-order valence-electron chi connectivity index (χ0n) is 4.55. The molecule has 0 amide bonds. The van der Waals surface area contributed by atoms with Gasteiger partial charge in [-0.1, -0.05) is 0 Å². The van der Waals surface area contributed by atoms with Crippen LogP contribution < -0.4 is 5.32 Å². The second kappa shape index (κ2) is 2.28. The molecule has 0 aliphatic carbocycles. The highest BCUT2D eigenvalue weighted by Gasteiger charge is 2.17. The van der Waals surface area contributed by atoms with Crippen LogP contribution >= 0.6 is 0 Å². The van der Waals surface area contributed by atoms with Crippen molar-refractivity contribution in [3.63, 3.8) is 0 Å². The predicted octanol–water partition coefficient (Wildman–Crippen LogP) is 0.00950. The van der Waals surface area contributed by atoms with Crippen molar-refractivity contribution in [1.29, 1.82) is 0 Å². The third kappa shape index (κ3) is 1.45. The molecule has 1 atom stereocenters. The molecule has 0 N–H and O–H groups in total. The number of ether oxygens (including phenoxy) is 1. The van der Waals surface area contributed by atoms with E-state index in [9.17, 15) is 0 Å². The van der Waals surface area contributed by atoms with Gasteiger partial charge in [0.1, 0.15) is 12.7 Å². The molecule has 2 nitrogen and oxygen atoms in total. The van der Waals surface area contributed by atoms with Gasteiger partial charge in [-0.05, 0) is 6.92 Å². The normalized spacial score (nSPS) is 33.0. The fraction of sp³-hybridized carbons (Fsp3) is 1.00. The Bertz CT molecular complexity index is 50.0. The Kier molecular flexibility index (Phi) is 1.65. The van der Waals surface area contributed by atoms with Crippen molar-refractivity contribution in [2.24, 2.45) is 0 Å². The Hall–Kier alpha value is -0.0800. The standard InChI is InChI=1S/C5H10NO/c1-5-4-6-2-3-7-5/h5H,2-4H2,1H3/q+1. The van der Waals surface area contributed by atoms with E-state index in [4.69, 9.17) is 4.74 Å². The Morgan fingerprint density at radius 1 is 1.71 bits per heavy atom. The molecule has 2 radical (unpaired) electrons. The molecule has 1 saturated heterocycles. The zero-order chi connectivity index (χ0) is 5.11. The second-order valence-corrected chi connectivity index (χ2v) is 1.81. The fourth-order valence-electron chi connectivity index (χ4n) is 0.644. The average molecular weight is 100 g/mol. The van der Waals surface area contributed by atoms with Crippen LogP contribution in [0.3, 0.4) is 0 Å². The van der Waals surface area contributed by atoms with E-state index in [1.54, 1.807) is 0 Å². The van der Waals surface area contributed by atoms with Gasteiger partial charge in [-0.15, -0.1) is 0 Å². The SMILES string of the molecule is CC1C[N+]CCO1. The summed E-state index contributed by atoms with van der Waals surface area (Å²) in [6.07, 6.45) is 0.369. The van der Waals surface area contributed by atoms with Gasteiger partial charge in [-0.2, -0.15) is 0 Å². The Labute approximate surface area is 43.9 Å². The molecule has 0 saturated carbocycles. The van der Waals surface area contributed by atoms with Gasteiger partial charge in [-0.25, -0.2) is 0 Å². The monoisotopic (exact) mass is 100 g/mol. The van der Waals surface area contributed by atoms with E-state index in [0.717, 1.165) is 19.7 Å². The summed E-state index contributed by atoms with van der Waals surface area (Å²) in [5.41, 5.74) is 0. The minimum atomic E-state index is 0.369. The lowest BCUT2D eigenvalue weighted by atomic mass is 10.3. The minimum absolute atomic E-state index is 0.369. The highest BCUT2D eigenvalue weighted by molar-refractivity contribution is 4.59. The van der Waals surface area contributed by atoms with Crippen LogP contribution in [-0.4, -0.2) is 25.8 Å². The molecule has 0 bridgehead atoms. The highest BCUT2D eigenvalue weighted by Crippen LogP contribution is 1.92. The summed E-state index contributed by atoms with van der Waals surface area (Å²) in [6, 6.07) is 0. The van der Waals surface area contributed by atoms with Crippen LogP contribution in [0.4, 0.5) is 0 Å². The van der Waals surface area contributed by atoms with Crippen molar-refractivity contribution in [2.75, 3.05) is 19.7 Å². The molecule has 1 aliphatic rings. The van der Waals surface area contributed by atoms with Gasteiger partial charge in [0, 0.05) is 0 Å². The summed E-state index contributed by atoms with van der Waals surface area (Å²) in [6.45, 7) is 4.65. The number of nitrogens with zero attached hydrogens (tertiary/aromatic N) is 1. The number of rotatable bonds is 0. The van der Waals surface area contributed by atoms with E-state index in [0.29, 0.717) is 6.10 Å². The number of morpholine rings is 1. The molecule has 0 aromatic carbocycles. The van der Waals surface area contributed by atoms with Crippen molar-refractivity contribution in [2.45, 2.75) is 13.0 Å². The summed E-state index contributed by atoms with van der Waals surface area (Å²) in [5.74, 6) is 0. The largest absolute Gasteiger partial charge is 0.366 e. The molecule has 7 heavy (non-hydrogen) atoms. The van der Waals surface area contributed by atoms with Gasteiger partial charge >= 0.3 is 0 Å². The van der Waals surface area contributed by atoms with E-state index in [1.807, 2.05) is 6.92 Å². The first-order chi connectivity index (χ1) is 3.39. The zero-order valence-corrected chi connectivity index (χ0v) is 4.55. The topological polar surface area (TPSA) is 23.3 Å². The molecule has 0 aromatic heterocycles. The molecule has 1 heterocycles. The van der Waals surface area contributed by atoms with Gasteiger partial charge in [0.05, 0.1) is 5.32 Å². The Morgan fingerprint density at radius 2 is 2.57 bits per heavy atom. The first-order valence-corrected chi connectivity index (χ1v) is 2.64. The van der Waals surface area contributed by atoms with E-state index >= 15 is 0 Å². The van der Waals surface area contributed by atoms with E-state index in [-0.39, 0.29) is 0 Å². The van der Waals surface area contributed by atoms with Gasteiger partial charge in [-0.3, -0.25) is 0 Å². The minimum Gasteiger partial charge on any atom is -0.366 e. The van der Waals surface area contributed by atoms with Crippen LogP contribution in [0, 0.1) is 0 Å². The lowest BCUT2D eigenvalue weighted by Gasteiger charge is -2.08.